The van der Waals surface area contributed by atoms with Crippen molar-refractivity contribution in [1.82, 2.24) is 0 Å². The van der Waals surface area contributed by atoms with Gasteiger partial charge in [-0.3, -0.25) is 10.1 Å². The molecule has 5 nitrogen and oxygen atoms in total. The van der Waals surface area contributed by atoms with Crippen LogP contribution in [-0.2, 0) is 0 Å². The number of nitro benzene ring substituents is 1. The molecule has 19 heavy (non-hydrogen) atoms. The van der Waals surface area contributed by atoms with Crippen molar-refractivity contribution < 1.29 is 9.66 Å². The van der Waals surface area contributed by atoms with Crippen LogP contribution in [0.1, 0.15) is 11.1 Å². The molecule has 2 aromatic rings. The molecule has 0 fully saturated rings. The zero-order valence-corrected chi connectivity index (χ0v) is 10.7. The second kappa shape index (κ2) is 4.97. The van der Waals surface area contributed by atoms with E-state index < -0.39 is 4.92 Å². The van der Waals surface area contributed by atoms with Crippen LogP contribution < -0.4 is 10.5 Å². The minimum Gasteiger partial charge on any atom is -0.457 e. The maximum atomic E-state index is 10.6. The topological polar surface area (TPSA) is 78.4 Å². The Morgan fingerprint density at radius 2 is 1.74 bits per heavy atom. The van der Waals surface area contributed by atoms with Crippen molar-refractivity contribution in [3.63, 3.8) is 0 Å². The van der Waals surface area contributed by atoms with E-state index in [2.05, 4.69) is 0 Å². The molecule has 0 aromatic heterocycles. The lowest BCUT2D eigenvalue weighted by atomic mass is 10.1. The average Bonchev–Trinajstić information content (AvgIpc) is 2.36. The summed E-state index contributed by atoms with van der Waals surface area (Å²) in [7, 11) is 0. The zero-order valence-electron chi connectivity index (χ0n) is 10.7. The van der Waals surface area contributed by atoms with Gasteiger partial charge in [-0.15, -0.1) is 0 Å². The maximum Gasteiger partial charge on any atom is 0.269 e. The highest BCUT2D eigenvalue weighted by atomic mass is 16.6. The molecule has 98 valence electrons. The first kappa shape index (κ1) is 12.9. The number of ether oxygens (including phenoxy) is 1. The number of aryl methyl sites for hydroxylation is 2. The molecule has 0 aliphatic carbocycles. The van der Waals surface area contributed by atoms with Crippen molar-refractivity contribution in [3.8, 4) is 11.5 Å². The largest absolute Gasteiger partial charge is 0.457 e. The van der Waals surface area contributed by atoms with Crippen LogP contribution in [0.2, 0.25) is 0 Å². The molecule has 0 unspecified atom stereocenters. The van der Waals surface area contributed by atoms with Crippen molar-refractivity contribution >= 4 is 11.4 Å². The molecule has 2 aromatic carbocycles. The Balaban J connectivity index is 2.26. The summed E-state index contributed by atoms with van der Waals surface area (Å²) in [6.07, 6.45) is 0. The lowest BCUT2D eigenvalue weighted by Crippen LogP contribution is -1.94. The molecule has 5 heteroatoms. The highest BCUT2D eigenvalue weighted by Gasteiger charge is 2.07. The minimum atomic E-state index is -0.442. The average molecular weight is 258 g/mol. The van der Waals surface area contributed by atoms with Crippen molar-refractivity contribution in [3.05, 3.63) is 57.6 Å². The first-order chi connectivity index (χ1) is 8.97. The summed E-state index contributed by atoms with van der Waals surface area (Å²) in [5, 5.41) is 10.6. The van der Waals surface area contributed by atoms with E-state index in [0.29, 0.717) is 17.2 Å². The Labute approximate surface area is 110 Å². The summed E-state index contributed by atoms with van der Waals surface area (Å²) in [6.45, 7) is 3.80. The number of anilines is 1. The summed E-state index contributed by atoms with van der Waals surface area (Å²) in [4.78, 5) is 10.1. The molecule has 0 radical (unpaired) electrons. The van der Waals surface area contributed by atoms with Crippen LogP contribution in [0.3, 0.4) is 0 Å². The summed E-state index contributed by atoms with van der Waals surface area (Å²) in [5.41, 5.74) is 8.41. The van der Waals surface area contributed by atoms with Crippen molar-refractivity contribution in [1.29, 1.82) is 0 Å². The van der Waals surface area contributed by atoms with Gasteiger partial charge < -0.3 is 10.5 Å². The van der Waals surface area contributed by atoms with Gasteiger partial charge >= 0.3 is 0 Å². The SMILES string of the molecule is Cc1cc(Oc2ccc([N+](=O)[O-])cc2)c(C)cc1N. The normalized spacial score (nSPS) is 10.2. The van der Waals surface area contributed by atoms with E-state index in [1.807, 2.05) is 26.0 Å². The van der Waals surface area contributed by atoms with Gasteiger partial charge in [-0.1, -0.05) is 0 Å². The molecule has 0 spiro atoms. The number of benzene rings is 2. The monoisotopic (exact) mass is 258 g/mol. The molecule has 0 aliphatic heterocycles. The number of nitrogens with zero attached hydrogens (tertiary/aromatic N) is 1. The Bertz CT molecular complexity index is 621. The van der Waals surface area contributed by atoms with Crippen LogP contribution in [0.15, 0.2) is 36.4 Å². The summed E-state index contributed by atoms with van der Waals surface area (Å²) >= 11 is 0. The number of hydrogen-bond acceptors (Lipinski definition) is 4. The first-order valence-corrected chi connectivity index (χ1v) is 5.76. The third-order valence-corrected chi connectivity index (χ3v) is 2.84. The second-order valence-electron chi connectivity index (χ2n) is 4.33. The van der Waals surface area contributed by atoms with Gasteiger partial charge in [0, 0.05) is 17.8 Å². The molecule has 2 N–H and O–H groups in total. The van der Waals surface area contributed by atoms with Crippen LogP contribution in [0.4, 0.5) is 11.4 Å². The molecule has 0 atom stereocenters. The fraction of sp³-hybridized carbons (Fsp3) is 0.143. The van der Waals surface area contributed by atoms with Gasteiger partial charge in [0.1, 0.15) is 11.5 Å². The molecule has 2 rings (SSSR count). The second-order valence-corrected chi connectivity index (χ2v) is 4.33. The van der Waals surface area contributed by atoms with Gasteiger partial charge in [0.25, 0.3) is 5.69 Å². The van der Waals surface area contributed by atoms with E-state index in [9.17, 15) is 10.1 Å². The van der Waals surface area contributed by atoms with Gasteiger partial charge in [0.2, 0.25) is 0 Å². The smallest absolute Gasteiger partial charge is 0.269 e. The van der Waals surface area contributed by atoms with Gasteiger partial charge in [-0.2, -0.15) is 0 Å². The van der Waals surface area contributed by atoms with Gasteiger partial charge in [-0.05, 0) is 49.2 Å². The molecule has 0 saturated carbocycles. The number of nitro groups is 1. The van der Waals surface area contributed by atoms with Crippen molar-refractivity contribution in [2.45, 2.75) is 13.8 Å². The molecular formula is C14H14N2O3. The number of non-ortho nitro benzene ring substituents is 1. The van der Waals surface area contributed by atoms with E-state index >= 15 is 0 Å². The third-order valence-electron chi connectivity index (χ3n) is 2.84. The fourth-order valence-corrected chi connectivity index (χ4v) is 1.68. The lowest BCUT2D eigenvalue weighted by molar-refractivity contribution is -0.384. The summed E-state index contributed by atoms with van der Waals surface area (Å²) in [6, 6.07) is 9.66. The lowest BCUT2D eigenvalue weighted by Gasteiger charge is -2.11. The number of nitrogens with two attached hydrogens (primary N) is 1. The fourth-order valence-electron chi connectivity index (χ4n) is 1.68. The van der Waals surface area contributed by atoms with Gasteiger partial charge in [0.05, 0.1) is 4.92 Å². The molecular weight excluding hydrogens is 244 g/mol. The minimum absolute atomic E-state index is 0.0394. The van der Waals surface area contributed by atoms with Crippen LogP contribution in [0.5, 0.6) is 11.5 Å². The molecule has 0 bridgehead atoms. The molecule has 0 saturated heterocycles. The maximum absolute atomic E-state index is 10.6. The van der Waals surface area contributed by atoms with Crippen molar-refractivity contribution in [2.75, 3.05) is 5.73 Å². The molecule has 0 heterocycles. The number of rotatable bonds is 3. The molecule has 0 aliphatic rings. The van der Waals surface area contributed by atoms with Crippen molar-refractivity contribution in [2.24, 2.45) is 0 Å². The highest BCUT2D eigenvalue weighted by Crippen LogP contribution is 2.29. The zero-order chi connectivity index (χ0) is 14.0. The Morgan fingerprint density at radius 3 is 2.32 bits per heavy atom. The van der Waals surface area contributed by atoms with Crippen LogP contribution in [-0.4, -0.2) is 4.92 Å². The first-order valence-electron chi connectivity index (χ1n) is 5.76. The standard InChI is InChI=1S/C14H14N2O3/c1-9-8-14(10(2)7-13(9)15)19-12-5-3-11(4-6-12)16(17)18/h3-8H,15H2,1-2H3. The third kappa shape index (κ3) is 2.82. The van der Waals surface area contributed by atoms with E-state index in [1.54, 1.807) is 12.1 Å². The molecule has 0 amide bonds. The van der Waals surface area contributed by atoms with E-state index in [1.165, 1.54) is 12.1 Å². The Hall–Kier alpha value is -2.56. The van der Waals surface area contributed by atoms with Crippen LogP contribution in [0.25, 0.3) is 0 Å². The van der Waals surface area contributed by atoms with Crippen LogP contribution >= 0.6 is 0 Å². The summed E-state index contributed by atoms with van der Waals surface area (Å²) < 4.78 is 5.70. The number of hydrogen-bond donors (Lipinski definition) is 1. The van der Waals surface area contributed by atoms with E-state index in [-0.39, 0.29) is 5.69 Å². The predicted molar refractivity (Wildman–Crippen MR) is 73.5 cm³/mol. The van der Waals surface area contributed by atoms with E-state index in [4.69, 9.17) is 10.5 Å². The van der Waals surface area contributed by atoms with E-state index in [0.717, 1.165) is 11.1 Å². The Morgan fingerprint density at radius 1 is 1.11 bits per heavy atom. The Kier molecular flexibility index (Phi) is 3.37. The van der Waals surface area contributed by atoms with Crippen LogP contribution in [0, 0.1) is 24.0 Å². The summed E-state index contributed by atoms with van der Waals surface area (Å²) in [5.74, 6) is 1.25. The highest BCUT2D eigenvalue weighted by molar-refractivity contribution is 5.54. The van der Waals surface area contributed by atoms with Gasteiger partial charge in [-0.25, -0.2) is 0 Å². The van der Waals surface area contributed by atoms with Gasteiger partial charge in [0.15, 0.2) is 0 Å². The predicted octanol–water partition coefficient (Wildman–Crippen LogP) is 3.59. The quantitative estimate of drug-likeness (QED) is 0.518. The number of nitrogen functional groups attached to an aromatic ring is 1.